The van der Waals surface area contributed by atoms with Gasteiger partial charge in [-0.25, -0.2) is 4.98 Å². The molecule has 0 radical (unpaired) electrons. The van der Waals surface area contributed by atoms with Gasteiger partial charge in [-0.3, -0.25) is 0 Å². The molecule has 0 bridgehead atoms. The van der Waals surface area contributed by atoms with Gasteiger partial charge in [0, 0.05) is 29.5 Å². The Hall–Kier alpha value is -1.56. The minimum absolute atomic E-state index is 0.000957. The molecule has 0 atom stereocenters. The third-order valence-electron chi connectivity index (χ3n) is 2.23. The molecule has 2 rings (SSSR count). The molecule has 17 heavy (non-hydrogen) atoms. The highest BCUT2D eigenvalue weighted by Crippen LogP contribution is 2.23. The molecule has 2 aromatic heterocycles. The molecule has 0 spiro atoms. The molecule has 0 aliphatic rings. The number of nitrogens with zero attached hydrogens (tertiary/aromatic N) is 3. The molecule has 2 heterocycles. The summed E-state index contributed by atoms with van der Waals surface area (Å²) in [5.74, 6) is 1.57. The van der Waals surface area contributed by atoms with Gasteiger partial charge in [-0.05, 0) is 6.92 Å². The van der Waals surface area contributed by atoms with Crippen LogP contribution in [0.1, 0.15) is 23.9 Å². The molecule has 0 amide bonds. The second-order valence-electron chi connectivity index (χ2n) is 3.57. The van der Waals surface area contributed by atoms with E-state index in [1.165, 1.54) is 17.8 Å². The van der Waals surface area contributed by atoms with Crippen molar-refractivity contribution in [2.45, 2.75) is 31.2 Å². The maximum atomic E-state index is 9.36. The summed E-state index contributed by atoms with van der Waals surface area (Å²) in [6, 6.07) is 1.53. The van der Waals surface area contributed by atoms with Crippen molar-refractivity contribution in [1.82, 2.24) is 15.1 Å². The van der Waals surface area contributed by atoms with Crippen molar-refractivity contribution in [1.29, 1.82) is 0 Å². The molecule has 0 unspecified atom stereocenters. The zero-order valence-electron chi connectivity index (χ0n) is 9.67. The van der Waals surface area contributed by atoms with Gasteiger partial charge >= 0.3 is 0 Å². The van der Waals surface area contributed by atoms with Gasteiger partial charge in [-0.15, -0.1) is 0 Å². The van der Waals surface area contributed by atoms with Crippen molar-refractivity contribution in [2.75, 3.05) is 0 Å². The van der Waals surface area contributed by atoms with Crippen molar-refractivity contribution < 1.29 is 9.63 Å². The average molecular weight is 251 g/mol. The van der Waals surface area contributed by atoms with Crippen LogP contribution in [-0.4, -0.2) is 20.2 Å². The van der Waals surface area contributed by atoms with E-state index in [0.717, 1.165) is 23.4 Å². The van der Waals surface area contributed by atoms with E-state index in [4.69, 9.17) is 4.52 Å². The topological polar surface area (TPSA) is 72.0 Å². The van der Waals surface area contributed by atoms with Crippen molar-refractivity contribution in [2.24, 2.45) is 0 Å². The fraction of sp³-hybridized carbons (Fsp3) is 0.364. The van der Waals surface area contributed by atoms with Crippen LogP contribution >= 0.6 is 11.8 Å². The monoisotopic (exact) mass is 251 g/mol. The van der Waals surface area contributed by atoms with Gasteiger partial charge in [0.15, 0.2) is 5.16 Å². The molecule has 0 aromatic carbocycles. The first-order valence-corrected chi connectivity index (χ1v) is 6.27. The van der Waals surface area contributed by atoms with Crippen LogP contribution in [0, 0.1) is 6.92 Å². The van der Waals surface area contributed by atoms with Crippen LogP contribution in [0.25, 0.3) is 0 Å². The van der Waals surface area contributed by atoms with E-state index in [0.29, 0.717) is 10.9 Å². The molecule has 90 valence electrons. The van der Waals surface area contributed by atoms with Crippen molar-refractivity contribution in [3.8, 4) is 5.88 Å². The summed E-state index contributed by atoms with van der Waals surface area (Å²) in [6.45, 7) is 3.84. The number of aryl methyl sites for hydroxylation is 2. The SMILES string of the molecule is CCc1oncc1CSc1nc(C)cc(O)n1. The van der Waals surface area contributed by atoms with Crippen molar-refractivity contribution in [3.63, 3.8) is 0 Å². The number of aromatic hydroxyl groups is 1. The lowest BCUT2D eigenvalue weighted by atomic mass is 10.2. The summed E-state index contributed by atoms with van der Waals surface area (Å²) >= 11 is 1.45. The third kappa shape index (κ3) is 2.97. The van der Waals surface area contributed by atoms with Gasteiger partial charge in [-0.1, -0.05) is 23.8 Å². The zero-order valence-corrected chi connectivity index (χ0v) is 10.5. The number of rotatable bonds is 4. The average Bonchev–Trinajstić information content (AvgIpc) is 2.72. The Bertz CT molecular complexity index is 493. The van der Waals surface area contributed by atoms with E-state index in [-0.39, 0.29) is 5.88 Å². The number of hydrogen-bond donors (Lipinski definition) is 1. The van der Waals surface area contributed by atoms with Crippen LogP contribution in [0.4, 0.5) is 0 Å². The predicted molar refractivity (Wildman–Crippen MR) is 63.9 cm³/mol. The summed E-state index contributed by atoms with van der Waals surface area (Å²) in [6.07, 6.45) is 2.53. The van der Waals surface area contributed by atoms with E-state index in [9.17, 15) is 5.11 Å². The molecular formula is C11H13N3O2S. The highest BCUT2D eigenvalue weighted by Gasteiger charge is 2.08. The van der Waals surface area contributed by atoms with Gasteiger partial charge in [0.2, 0.25) is 5.88 Å². The quantitative estimate of drug-likeness (QED) is 0.664. The molecule has 0 aliphatic carbocycles. The Labute approximate surface area is 103 Å². The lowest BCUT2D eigenvalue weighted by Gasteiger charge is -2.01. The molecule has 2 aromatic rings. The maximum absolute atomic E-state index is 9.36. The Morgan fingerprint density at radius 3 is 2.94 bits per heavy atom. The smallest absolute Gasteiger partial charge is 0.215 e. The molecule has 0 fully saturated rings. The van der Waals surface area contributed by atoms with Gasteiger partial charge in [0.05, 0.1) is 6.20 Å². The highest BCUT2D eigenvalue weighted by atomic mass is 32.2. The van der Waals surface area contributed by atoms with Gasteiger partial charge in [0.1, 0.15) is 5.76 Å². The first kappa shape index (κ1) is 11.9. The van der Waals surface area contributed by atoms with Crippen molar-refractivity contribution in [3.05, 3.63) is 29.3 Å². The Morgan fingerprint density at radius 2 is 2.24 bits per heavy atom. The second kappa shape index (κ2) is 5.18. The van der Waals surface area contributed by atoms with Crippen LogP contribution in [0.15, 0.2) is 21.9 Å². The van der Waals surface area contributed by atoms with Crippen LogP contribution < -0.4 is 0 Å². The molecular weight excluding hydrogens is 238 g/mol. The lowest BCUT2D eigenvalue weighted by molar-refractivity contribution is 0.386. The van der Waals surface area contributed by atoms with Crippen LogP contribution in [0.5, 0.6) is 5.88 Å². The maximum Gasteiger partial charge on any atom is 0.215 e. The predicted octanol–water partition coefficient (Wildman–Crippen LogP) is 2.33. The van der Waals surface area contributed by atoms with Crippen LogP contribution in [-0.2, 0) is 12.2 Å². The number of hydrogen-bond acceptors (Lipinski definition) is 6. The second-order valence-corrected chi connectivity index (χ2v) is 4.51. The van der Waals surface area contributed by atoms with Crippen LogP contribution in [0.2, 0.25) is 0 Å². The van der Waals surface area contributed by atoms with E-state index < -0.39 is 0 Å². The first-order chi connectivity index (χ1) is 8.19. The molecule has 5 nitrogen and oxygen atoms in total. The summed E-state index contributed by atoms with van der Waals surface area (Å²) in [4.78, 5) is 8.18. The van der Waals surface area contributed by atoms with Gasteiger partial charge in [-0.2, -0.15) is 4.98 Å². The molecule has 1 N–H and O–H groups in total. The summed E-state index contributed by atoms with van der Waals surface area (Å²) in [7, 11) is 0. The molecule has 6 heteroatoms. The Kier molecular flexibility index (Phi) is 3.63. The van der Waals surface area contributed by atoms with Crippen LogP contribution in [0.3, 0.4) is 0 Å². The van der Waals surface area contributed by atoms with E-state index >= 15 is 0 Å². The fourth-order valence-corrected chi connectivity index (χ4v) is 2.31. The van der Waals surface area contributed by atoms with E-state index in [1.807, 2.05) is 13.8 Å². The van der Waals surface area contributed by atoms with E-state index in [2.05, 4.69) is 15.1 Å². The minimum atomic E-state index is 0.000957. The largest absolute Gasteiger partial charge is 0.493 e. The number of aromatic nitrogens is 3. The molecule has 0 saturated heterocycles. The standard InChI is InChI=1S/C11H13N3O2S/c1-3-9-8(5-12-16-9)6-17-11-13-7(2)4-10(15)14-11/h4-5H,3,6H2,1-2H3,(H,13,14,15). The molecule has 0 saturated carbocycles. The highest BCUT2D eigenvalue weighted by molar-refractivity contribution is 7.98. The lowest BCUT2D eigenvalue weighted by Crippen LogP contribution is -1.91. The van der Waals surface area contributed by atoms with Gasteiger partial charge < -0.3 is 9.63 Å². The minimum Gasteiger partial charge on any atom is -0.493 e. The van der Waals surface area contributed by atoms with E-state index in [1.54, 1.807) is 6.20 Å². The van der Waals surface area contributed by atoms with Gasteiger partial charge in [0.25, 0.3) is 0 Å². The third-order valence-corrected chi connectivity index (χ3v) is 3.12. The summed E-state index contributed by atoms with van der Waals surface area (Å²) < 4.78 is 5.10. The fourth-order valence-electron chi connectivity index (χ4n) is 1.43. The Morgan fingerprint density at radius 1 is 1.41 bits per heavy atom. The Balaban J connectivity index is 2.07. The summed E-state index contributed by atoms with van der Waals surface area (Å²) in [5.41, 5.74) is 1.79. The number of thioether (sulfide) groups is 1. The zero-order chi connectivity index (χ0) is 12.3. The summed E-state index contributed by atoms with van der Waals surface area (Å²) in [5, 5.41) is 13.7. The first-order valence-electron chi connectivity index (χ1n) is 5.29. The normalized spacial score (nSPS) is 10.7. The van der Waals surface area contributed by atoms with Crippen molar-refractivity contribution >= 4 is 11.8 Å². The molecule has 0 aliphatic heterocycles.